The van der Waals surface area contributed by atoms with Gasteiger partial charge in [-0.25, -0.2) is 0 Å². The third kappa shape index (κ3) is 2.22. The van der Waals surface area contributed by atoms with Gasteiger partial charge >= 0.3 is 0 Å². The van der Waals surface area contributed by atoms with Crippen molar-refractivity contribution in [3.8, 4) is 17.2 Å². The normalized spacial score (nSPS) is 22.7. The molecule has 1 heterocycles. The van der Waals surface area contributed by atoms with Gasteiger partial charge < -0.3 is 18.9 Å². The minimum Gasteiger partial charge on any atom is -0.493 e. The van der Waals surface area contributed by atoms with E-state index in [0.717, 1.165) is 6.61 Å². The lowest BCUT2D eigenvalue weighted by Crippen LogP contribution is -2.17. The Morgan fingerprint density at radius 2 is 1.81 bits per heavy atom. The molecule has 1 aromatic rings. The summed E-state index contributed by atoms with van der Waals surface area (Å²) < 4.78 is 21.4. The highest BCUT2D eigenvalue weighted by atomic mass is 16.6. The van der Waals surface area contributed by atoms with Crippen molar-refractivity contribution >= 4 is 0 Å². The largest absolute Gasteiger partial charge is 0.493 e. The van der Waals surface area contributed by atoms with Crippen molar-refractivity contribution in [2.75, 3.05) is 27.4 Å². The number of epoxide rings is 1. The zero-order chi connectivity index (χ0) is 11.6. The highest BCUT2D eigenvalue weighted by Gasteiger charge is 2.40. The number of rotatable bonds is 5. The average molecular weight is 224 g/mol. The van der Waals surface area contributed by atoms with Crippen LogP contribution in [0.15, 0.2) is 18.2 Å². The number of methoxy groups -OCH3 is 2. The standard InChI is InChI=1S/C12H16O4/c1-12(8-16-12)7-15-11-9(13-2)5-4-6-10(11)14-3/h4-6H,7-8H2,1-3H3. The topological polar surface area (TPSA) is 40.2 Å². The summed E-state index contributed by atoms with van der Waals surface area (Å²) in [5.41, 5.74) is -0.147. The Labute approximate surface area is 95.1 Å². The molecule has 1 unspecified atom stereocenters. The number of hydrogen-bond acceptors (Lipinski definition) is 4. The van der Waals surface area contributed by atoms with Crippen molar-refractivity contribution < 1.29 is 18.9 Å². The van der Waals surface area contributed by atoms with Crippen LogP contribution in [0.3, 0.4) is 0 Å². The molecule has 1 fully saturated rings. The summed E-state index contributed by atoms with van der Waals surface area (Å²) in [6.07, 6.45) is 0. The molecular weight excluding hydrogens is 208 g/mol. The van der Waals surface area contributed by atoms with Gasteiger partial charge in [-0.2, -0.15) is 0 Å². The van der Waals surface area contributed by atoms with E-state index < -0.39 is 0 Å². The minimum absolute atomic E-state index is 0.147. The van der Waals surface area contributed by atoms with E-state index in [4.69, 9.17) is 18.9 Å². The van der Waals surface area contributed by atoms with Gasteiger partial charge in [0.05, 0.1) is 20.8 Å². The van der Waals surface area contributed by atoms with Crippen LogP contribution in [0.2, 0.25) is 0 Å². The minimum atomic E-state index is -0.147. The lowest BCUT2D eigenvalue weighted by atomic mass is 10.2. The Morgan fingerprint density at radius 3 is 2.25 bits per heavy atom. The molecular formula is C12H16O4. The second-order valence-corrected chi connectivity index (χ2v) is 4.02. The molecule has 16 heavy (non-hydrogen) atoms. The Morgan fingerprint density at radius 1 is 1.25 bits per heavy atom. The Hall–Kier alpha value is -1.42. The molecule has 0 amide bonds. The fourth-order valence-corrected chi connectivity index (χ4v) is 1.39. The molecule has 4 heteroatoms. The van der Waals surface area contributed by atoms with Gasteiger partial charge in [-0.05, 0) is 19.1 Å². The summed E-state index contributed by atoms with van der Waals surface area (Å²) in [6.45, 7) is 3.25. The molecule has 1 atom stereocenters. The summed E-state index contributed by atoms with van der Waals surface area (Å²) >= 11 is 0. The van der Waals surface area contributed by atoms with Crippen molar-refractivity contribution in [1.82, 2.24) is 0 Å². The van der Waals surface area contributed by atoms with Crippen LogP contribution in [0.4, 0.5) is 0 Å². The molecule has 88 valence electrons. The van der Waals surface area contributed by atoms with Crippen LogP contribution >= 0.6 is 0 Å². The smallest absolute Gasteiger partial charge is 0.203 e. The SMILES string of the molecule is COc1cccc(OC)c1OCC1(C)CO1. The van der Waals surface area contributed by atoms with Crippen molar-refractivity contribution in [3.63, 3.8) is 0 Å². The summed E-state index contributed by atoms with van der Waals surface area (Å²) in [6, 6.07) is 5.54. The van der Waals surface area contributed by atoms with Crippen molar-refractivity contribution in [3.05, 3.63) is 18.2 Å². The Balaban J connectivity index is 2.15. The number of hydrogen-bond donors (Lipinski definition) is 0. The second kappa shape index (κ2) is 4.22. The van der Waals surface area contributed by atoms with Gasteiger partial charge in [-0.3, -0.25) is 0 Å². The quantitative estimate of drug-likeness (QED) is 0.716. The van der Waals surface area contributed by atoms with E-state index in [-0.39, 0.29) is 5.60 Å². The van der Waals surface area contributed by atoms with Gasteiger partial charge in [0.15, 0.2) is 11.5 Å². The molecule has 0 saturated carbocycles. The predicted octanol–water partition coefficient (Wildman–Crippen LogP) is 1.87. The molecule has 1 aliphatic heterocycles. The summed E-state index contributed by atoms with van der Waals surface area (Å²) in [7, 11) is 3.22. The lowest BCUT2D eigenvalue weighted by Gasteiger charge is -2.15. The Bertz CT molecular complexity index is 349. The van der Waals surface area contributed by atoms with Crippen LogP contribution in [0.25, 0.3) is 0 Å². The first-order valence-electron chi connectivity index (χ1n) is 5.16. The number of para-hydroxylation sites is 1. The van der Waals surface area contributed by atoms with E-state index in [2.05, 4.69) is 0 Å². The summed E-state index contributed by atoms with van der Waals surface area (Å²) in [5, 5.41) is 0. The van der Waals surface area contributed by atoms with Crippen LogP contribution in [0.1, 0.15) is 6.92 Å². The Kier molecular flexibility index (Phi) is 2.92. The van der Waals surface area contributed by atoms with E-state index >= 15 is 0 Å². The lowest BCUT2D eigenvalue weighted by molar-refractivity contribution is 0.191. The third-order valence-corrected chi connectivity index (χ3v) is 2.54. The van der Waals surface area contributed by atoms with Crippen LogP contribution < -0.4 is 14.2 Å². The first kappa shape index (κ1) is 11.1. The van der Waals surface area contributed by atoms with E-state index in [1.807, 2.05) is 25.1 Å². The summed E-state index contributed by atoms with van der Waals surface area (Å²) in [4.78, 5) is 0. The van der Waals surface area contributed by atoms with Crippen molar-refractivity contribution in [2.45, 2.75) is 12.5 Å². The van der Waals surface area contributed by atoms with Crippen LogP contribution in [0, 0.1) is 0 Å². The summed E-state index contributed by atoms with van der Waals surface area (Å²) in [5.74, 6) is 1.97. The zero-order valence-electron chi connectivity index (χ0n) is 9.78. The molecule has 1 aliphatic rings. The average Bonchev–Trinajstić information content (AvgIpc) is 3.04. The fraction of sp³-hybridized carbons (Fsp3) is 0.500. The third-order valence-electron chi connectivity index (χ3n) is 2.54. The van der Waals surface area contributed by atoms with Crippen molar-refractivity contribution in [2.24, 2.45) is 0 Å². The first-order chi connectivity index (χ1) is 7.68. The molecule has 0 aromatic heterocycles. The van der Waals surface area contributed by atoms with Gasteiger partial charge in [0.2, 0.25) is 5.75 Å². The predicted molar refractivity (Wildman–Crippen MR) is 59.4 cm³/mol. The van der Waals surface area contributed by atoms with Gasteiger partial charge in [-0.1, -0.05) is 6.07 Å². The molecule has 2 rings (SSSR count). The molecule has 0 N–H and O–H groups in total. The van der Waals surface area contributed by atoms with Gasteiger partial charge in [0, 0.05) is 0 Å². The number of benzene rings is 1. The zero-order valence-corrected chi connectivity index (χ0v) is 9.78. The van der Waals surface area contributed by atoms with E-state index in [9.17, 15) is 0 Å². The molecule has 0 bridgehead atoms. The molecule has 0 spiro atoms. The molecule has 1 saturated heterocycles. The maximum Gasteiger partial charge on any atom is 0.203 e. The highest BCUT2D eigenvalue weighted by Crippen LogP contribution is 2.38. The van der Waals surface area contributed by atoms with Gasteiger partial charge in [0.25, 0.3) is 0 Å². The monoisotopic (exact) mass is 224 g/mol. The molecule has 0 aliphatic carbocycles. The first-order valence-corrected chi connectivity index (χ1v) is 5.16. The molecule has 4 nitrogen and oxygen atoms in total. The van der Waals surface area contributed by atoms with E-state index in [0.29, 0.717) is 23.9 Å². The van der Waals surface area contributed by atoms with Crippen molar-refractivity contribution in [1.29, 1.82) is 0 Å². The highest BCUT2D eigenvalue weighted by molar-refractivity contribution is 5.51. The van der Waals surface area contributed by atoms with Crippen LogP contribution in [0.5, 0.6) is 17.2 Å². The number of ether oxygens (including phenoxy) is 4. The molecule has 1 aromatic carbocycles. The van der Waals surface area contributed by atoms with E-state index in [1.54, 1.807) is 14.2 Å². The maximum atomic E-state index is 5.70. The van der Waals surface area contributed by atoms with Crippen LogP contribution in [-0.2, 0) is 4.74 Å². The van der Waals surface area contributed by atoms with Gasteiger partial charge in [0.1, 0.15) is 12.2 Å². The molecule has 0 radical (unpaired) electrons. The van der Waals surface area contributed by atoms with Gasteiger partial charge in [-0.15, -0.1) is 0 Å². The van der Waals surface area contributed by atoms with Crippen LogP contribution in [-0.4, -0.2) is 33.0 Å². The van der Waals surface area contributed by atoms with E-state index in [1.165, 1.54) is 0 Å². The maximum absolute atomic E-state index is 5.70. The second-order valence-electron chi connectivity index (χ2n) is 4.02. The fourth-order valence-electron chi connectivity index (χ4n) is 1.39.